The molecule has 0 aliphatic heterocycles. The van der Waals surface area contributed by atoms with Crippen molar-refractivity contribution >= 4 is 266 Å². The number of rotatable bonds is 17. The van der Waals surface area contributed by atoms with Crippen LogP contribution in [0.5, 0.6) is 0 Å². The molecular formula is C129H101BBrN2Na2O7P4Pd-. The molecule has 0 saturated carbocycles. The van der Waals surface area contributed by atoms with Crippen LogP contribution in [0.15, 0.2) is 584 Å². The van der Waals surface area contributed by atoms with Gasteiger partial charge in [-0.05, 0) is 200 Å². The summed E-state index contributed by atoms with van der Waals surface area (Å²) in [6, 6.07) is 198. The first-order valence-corrected chi connectivity index (χ1v) is 53.3. The molecular weight excluding hydrogens is 2060 g/mol. The van der Waals surface area contributed by atoms with E-state index in [1.165, 1.54) is 85.6 Å². The van der Waals surface area contributed by atoms with Crippen LogP contribution in [0.4, 0.5) is 11.4 Å². The quantitative estimate of drug-likeness (QED) is 0.0149. The summed E-state index contributed by atoms with van der Waals surface area (Å²) in [5, 5.41) is 51.8. The Morgan fingerprint density at radius 3 is 0.687 bits per heavy atom. The fourth-order valence-electron chi connectivity index (χ4n) is 17.3. The van der Waals surface area contributed by atoms with Crippen LogP contribution >= 0.6 is 47.6 Å². The van der Waals surface area contributed by atoms with Gasteiger partial charge in [0.1, 0.15) is 22.3 Å². The second-order valence-corrected chi connectivity index (χ2v) is 42.9. The number of hydrogen-bond acceptors (Lipinski definition) is 9. The minimum Gasteiger partial charge on any atom is -0.509 e. The average molecular weight is 2160 g/mol. The van der Waals surface area contributed by atoms with Crippen LogP contribution in [0.1, 0.15) is 0 Å². The number of halogens is 1. The van der Waals surface area contributed by atoms with Gasteiger partial charge in [0.25, 0.3) is 0 Å². The molecule has 147 heavy (non-hydrogen) atoms. The van der Waals surface area contributed by atoms with Crippen molar-refractivity contribution < 1.29 is 54.2 Å². The van der Waals surface area contributed by atoms with Crippen molar-refractivity contribution in [1.29, 1.82) is 0 Å². The summed E-state index contributed by atoms with van der Waals surface area (Å²) in [6.45, 7) is 0.736. The monoisotopic (exact) mass is 2160 g/mol. The number of nitrogens with two attached hydrogens (primary N) is 2. The van der Waals surface area contributed by atoms with E-state index in [-0.39, 0.29) is 79.5 Å². The average Bonchev–Trinajstić information content (AvgIpc) is 1.72. The summed E-state index contributed by atoms with van der Waals surface area (Å²) in [7, 11) is -3.29. The standard InChI is InChI=1S/C28H19NO.C22H15BO3.4C18H15P.C6H6BrN.CHO3.2Na.Pd/c29-19-14-12-18(13-15-19)20-16-17-23(22-7-2-1-6-21(20)22)25-9-5-10-26-24-8-3-4-11-27(24)30-28(25)26;24-23(25)20-13-12-15(14-6-1-2-7-16(14)20)18-9-5-10-19-17-8-3-4-11-21(17)26-22(18)19;4*1-4-10-16(11-5-1)19(17-12-6-2-7-13-17)18-14-8-3-9-15-18;7-5-1-3-6(8)4-2-5;2-1-4-3;;;/h1-17H,29H2;1-13,24-25H;4*1-15H;1-4H,8H2;3H;;;/q;;;;;;;-1;;;. The summed E-state index contributed by atoms with van der Waals surface area (Å²) in [5.74, 6) is 0. The van der Waals surface area contributed by atoms with E-state index in [1.807, 2.05) is 109 Å². The first-order chi connectivity index (χ1) is 71.0. The van der Waals surface area contributed by atoms with E-state index in [4.69, 9.17) is 30.4 Å². The van der Waals surface area contributed by atoms with E-state index < -0.39 is 38.8 Å². The van der Waals surface area contributed by atoms with Crippen molar-refractivity contribution in [2.24, 2.45) is 0 Å². The van der Waals surface area contributed by atoms with Crippen molar-refractivity contribution in [2.45, 2.75) is 0 Å². The Hall–Kier alpha value is -13.2. The summed E-state index contributed by atoms with van der Waals surface area (Å²) in [5.41, 5.74) is 23.6. The SMILES string of the molecule is Nc1ccc(-c2ccc(-c3cccc4c3oc3ccccc34)c3ccccc23)cc1.Nc1ccc(Br)cc1.O=[C-]OO.OB(O)c1ccc(-c2cccc3c2oc2ccccc23)c2ccccc12.[Na].[Na].[Pd].c1ccc(P(c2ccccc2)c2ccccc2)cc1.c1ccc(P(c2ccccc2)c2ccccc2)cc1.c1ccc(P(c2ccccc2)c2ccccc2)cc1.c1ccc(P(c2ccccc2)c2ccccc2)cc1. The van der Waals surface area contributed by atoms with Crippen LogP contribution in [0.2, 0.25) is 0 Å². The van der Waals surface area contributed by atoms with Gasteiger partial charge in [0.15, 0.2) is 0 Å². The Morgan fingerprint density at radius 2 is 0.435 bits per heavy atom. The van der Waals surface area contributed by atoms with Gasteiger partial charge in [0, 0.05) is 128 Å². The van der Waals surface area contributed by atoms with E-state index in [1.54, 1.807) is 6.07 Å². The second-order valence-electron chi connectivity index (χ2n) is 33.1. The summed E-state index contributed by atoms with van der Waals surface area (Å²) >= 11 is 3.29. The number of para-hydroxylation sites is 4. The number of hydrogen-bond donors (Lipinski definition) is 5. The van der Waals surface area contributed by atoms with Crippen LogP contribution in [0.3, 0.4) is 0 Å². The molecule has 9 nitrogen and oxygen atoms in total. The number of furan rings is 2. The molecule has 18 heteroatoms. The first-order valence-electron chi connectivity index (χ1n) is 47.1. The Kier molecular flexibility index (Phi) is 42.2. The zero-order valence-electron chi connectivity index (χ0n) is 81.0. The number of benzene rings is 22. The van der Waals surface area contributed by atoms with Gasteiger partial charge in [-0.1, -0.05) is 538 Å². The number of nitrogen functional groups attached to an aromatic ring is 2. The zero-order chi connectivity index (χ0) is 98.8. The van der Waals surface area contributed by atoms with Crippen molar-refractivity contribution in [2.75, 3.05) is 11.5 Å². The van der Waals surface area contributed by atoms with E-state index in [9.17, 15) is 10.0 Å². The molecule has 24 rings (SSSR count). The molecule has 24 aromatic rings. The Morgan fingerprint density at radius 1 is 0.231 bits per heavy atom. The van der Waals surface area contributed by atoms with Gasteiger partial charge in [0.05, 0.1) is 0 Å². The molecule has 0 bridgehead atoms. The van der Waals surface area contributed by atoms with Crippen LogP contribution in [-0.2, 0) is 30.1 Å². The molecule has 2 heterocycles. The van der Waals surface area contributed by atoms with Gasteiger partial charge >= 0.3 is 7.12 Å². The second kappa shape index (κ2) is 56.7. The molecule has 0 aliphatic rings. The summed E-state index contributed by atoms with van der Waals surface area (Å²) in [6.07, 6.45) is 0. The molecule has 0 atom stereocenters. The molecule has 712 valence electrons. The number of carbonyl (C=O) groups excluding carboxylic acids is 1. The largest absolute Gasteiger partial charge is 0.509 e. The normalized spacial score (nSPS) is 10.5. The molecule has 22 aromatic carbocycles. The molecule has 0 saturated heterocycles. The molecule has 2 aromatic heterocycles. The van der Waals surface area contributed by atoms with Gasteiger partial charge in [-0.3, -0.25) is 0 Å². The predicted octanol–water partition coefficient (Wildman–Crippen LogP) is 26.3. The van der Waals surface area contributed by atoms with Crippen LogP contribution in [0.25, 0.3) is 98.8 Å². The van der Waals surface area contributed by atoms with Crippen LogP contribution < -0.4 is 80.6 Å². The zero-order valence-corrected chi connectivity index (χ0v) is 91.7. The molecule has 0 amide bonds. The topological polar surface area (TPSA) is 165 Å². The molecule has 2 radical (unpaired) electrons. The minimum absolute atomic E-state index is 0. The molecule has 0 fully saturated rings. The molecule has 7 N–H and O–H groups in total. The Labute approximate surface area is 930 Å². The maximum atomic E-state index is 9.69. The fraction of sp³-hybridized carbons (Fsp3) is 0. The summed E-state index contributed by atoms with van der Waals surface area (Å²) in [4.78, 5) is 11.3. The van der Waals surface area contributed by atoms with Crippen molar-refractivity contribution in [3.8, 4) is 33.4 Å². The van der Waals surface area contributed by atoms with Gasteiger partial charge in [0.2, 0.25) is 0 Å². The third-order valence-electron chi connectivity index (χ3n) is 23.9. The van der Waals surface area contributed by atoms with E-state index in [2.05, 4.69) is 476 Å². The van der Waals surface area contributed by atoms with Gasteiger partial charge in [-0.15, -0.1) is 0 Å². The number of fused-ring (bicyclic) bond motifs is 8. The summed E-state index contributed by atoms with van der Waals surface area (Å²) < 4.78 is 13.5. The van der Waals surface area contributed by atoms with Crippen LogP contribution in [-0.4, -0.2) is 88.0 Å². The fourth-order valence-corrected chi connectivity index (χ4v) is 26.8. The van der Waals surface area contributed by atoms with Crippen LogP contribution in [0, 0.1) is 0 Å². The minimum atomic E-state index is -1.50. The molecule has 0 aliphatic carbocycles. The molecule has 0 spiro atoms. The third kappa shape index (κ3) is 28.6. The molecule has 0 unspecified atom stereocenters. The number of anilines is 2. The van der Waals surface area contributed by atoms with Gasteiger partial charge in [-0.2, -0.15) is 0 Å². The van der Waals surface area contributed by atoms with E-state index in [0.29, 0.717) is 5.46 Å². The Bertz CT molecular complexity index is 7270. The third-order valence-corrected chi connectivity index (χ3v) is 34.2. The van der Waals surface area contributed by atoms with E-state index in [0.717, 1.165) is 99.2 Å². The van der Waals surface area contributed by atoms with Crippen molar-refractivity contribution in [1.82, 2.24) is 0 Å². The van der Waals surface area contributed by atoms with Gasteiger partial charge in [-0.25, -0.2) is 5.26 Å². The van der Waals surface area contributed by atoms with E-state index >= 15 is 0 Å². The van der Waals surface area contributed by atoms with Crippen molar-refractivity contribution in [3.05, 3.63) is 575 Å². The maximum Gasteiger partial charge on any atom is 0.489 e. The van der Waals surface area contributed by atoms with Crippen molar-refractivity contribution in [3.63, 3.8) is 0 Å². The first kappa shape index (κ1) is 110. The Balaban J connectivity index is 0.000000137. The smallest absolute Gasteiger partial charge is 0.489 e. The van der Waals surface area contributed by atoms with Gasteiger partial charge < -0.3 is 40.0 Å². The maximum absolute atomic E-state index is 9.69. The predicted molar refractivity (Wildman–Crippen MR) is 633 cm³/mol.